The summed E-state index contributed by atoms with van der Waals surface area (Å²) in [6.45, 7) is 6.53. The average Bonchev–Trinajstić information content (AvgIpc) is 2.89. The van der Waals surface area contributed by atoms with Crippen molar-refractivity contribution in [3.05, 3.63) is 0 Å². The number of nitrogens with zero attached hydrogens (tertiary/aromatic N) is 2. The highest BCUT2D eigenvalue weighted by Crippen LogP contribution is 2.37. The summed E-state index contributed by atoms with van der Waals surface area (Å²) in [6, 6.07) is -0.506. The van der Waals surface area contributed by atoms with E-state index in [1.807, 2.05) is 0 Å². The second kappa shape index (κ2) is 8.76. The van der Waals surface area contributed by atoms with E-state index < -0.39 is 24.2 Å². The van der Waals surface area contributed by atoms with Crippen molar-refractivity contribution in [1.29, 1.82) is 5.26 Å². The van der Waals surface area contributed by atoms with E-state index in [-0.39, 0.29) is 11.5 Å². The first-order valence-electron chi connectivity index (χ1n) is 7.62. The highest BCUT2D eigenvalue weighted by molar-refractivity contribution is 5.74. The number of likely N-dealkylation sites (tertiary alicyclic amines) is 1. The van der Waals surface area contributed by atoms with Crippen molar-refractivity contribution in [3.63, 3.8) is 0 Å². The molecular weight excluding hydrogens is 329 g/mol. The summed E-state index contributed by atoms with van der Waals surface area (Å²) in [7, 11) is 0. The van der Waals surface area contributed by atoms with Crippen molar-refractivity contribution in [1.82, 2.24) is 4.90 Å². The Morgan fingerprint density at radius 3 is 1.96 bits per heavy atom. The number of hydrogen-bond donors (Lipinski definition) is 2. The lowest BCUT2D eigenvalue weighted by atomic mass is 9.78. The fourth-order valence-corrected chi connectivity index (χ4v) is 2.58. The maximum atomic E-state index is 11.0. The van der Waals surface area contributed by atoms with Crippen LogP contribution in [0.25, 0.3) is 0 Å². The second-order valence-corrected chi connectivity index (χ2v) is 6.12. The summed E-state index contributed by atoms with van der Waals surface area (Å²) in [5.41, 5.74) is 0.215. The van der Waals surface area contributed by atoms with Crippen LogP contribution in [0.15, 0.2) is 0 Å². The molecule has 1 aliphatic rings. The van der Waals surface area contributed by atoms with Gasteiger partial charge in [-0.25, -0.2) is 9.59 Å². The number of aliphatic carboxylic acids is 2. The van der Waals surface area contributed by atoms with Gasteiger partial charge >= 0.3 is 18.1 Å². The largest absolute Gasteiger partial charge is 0.490 e. The first kappa shape index (κ1) is 22.0. The third kappa shape index (κ3) is 6.26. The Morgan fingerprint density at radius 2 is 1.67 bits per heavy atom. The summed E-state index contributed by atoms with van der Waals surface area (Å²) in [5.74, 6) is -3.63. The molecule has 0 aromatic heterocycles. The van der Waals surface area contributed by atoms with Crippen molar-refractivity contribution in [2.45, 2.75) is 71.1 Å². The minimum atomic E-state index is -5.08. The second-order valence-electron chi connectivity index (χ2n) is 6.12. The molecule has 2 unspecified atom stereocenters. The van der Waals surface area contributed by atoms with Crippen LogP contribution in [0.3, 0.4) is 0 Å². The van der Waals surface area contributed by atoms with Crippen LogP contribution in [-0.2, 0) is 9.59 Å². The molecule has 1 fully saturated rings. The number of alkyl halides is 3. The summed E-state index contributed by atoms with van der Waals surface area (Å²) >= 11 is 0. The predicted octanol–water partition coefficient (Wildman–Crippen LogP) is 3.23. The standard InChI is InChI=1S/C13H22N2O2.C2HF3O2/c1-4-13(3,5-2)8-10-6-7-11(12(16)17)15(10)9-14;3-2(4,5)1(6)7/h10-11H,4-8H2,1-3H3,(H,16,17);(H,6,7). The molecule has 138 valence electrons. The highest BCUT2D eigenvalue weighted by atomic mass is 19.4. The Morgan fingerprint density at radius 1 is 1.21 bits per heavy atom. The fraction of sp³-hybridized carbons (Fsp3) is 0.800. The number of halogens is 3. The van der Waals surface area contributed by atoms with Gasteiger partial charge in [-0.3, -0.25) is 4.90 Å². The monoisotopic (exact) mass is 352 g/mol. The maximum Gasteiger partial charge on any atom is 0.490 e. The zero-order valence-corrected chi connectivity index (χ0v) is 13.9. The van der Waals surface area contributed by atoms with Crippen LogP contribution in [0.4, 0.5) is 13.2 Å². The van der Waals surface area contributed by atoms with Crippen LogP contribution in [0.5, 0.6) is 0 Å². The predicted molar refractivity (Wildman–Crippen MR) is 78.9 cm³/mol. The molecule has 0 saturated carbocycles. The van der Waals surface area contributed by atoms with Gasteiger partial charge in [-0.2, -0.15) is 18.4 Å². The van der Waals surface area contributed by atoms with Crippen molar-refractivity contribution in [2.75, 3.05) is 0 Å². The van der Waals surface area contributed by atoms with Gasteiger partial charge in [0.15, 0.2) is 6.19 Å². The van der Waals surface area contributed by atoms with Gasteiger partial charge < -0.3 is 10.2 Å². The van der Waals surface area contributed by atoms with E-state index in [4.69, 9.17) is 20.3 Å². The quantitative estimate of drug-likeness (QED) is 0.737. The summed E-state index contributed by atoms with van der Waals surface area (Å²) in [5, 5.41) is 25.3. The van der Waals surface area contributed by atoms with Crippen molar-refractivity contribution in [3.8, 4) is 6.19 Å². The van der Waals surface area contributed by atoms with E-state index >= 15 is 0 Å². The Labute approximate surface area is 138 Å². The highest BCUT2D eigenvalue weighted by Gasteiger charge is 2.40. The number of rotatable bonds is 5. The molecule has 0 radical (unpaired) electrons. The van der Waals surface area contributed by atoms with Gasteiger partial charge in [-0.1, -0.05) is 33.6 Å². The minimum absolute atomic E-state index is 0.103. The molecular formula is C15H23F3N2O4. The molecule has 0 spiro atoms. The third-order valence-corrected chi connectivity index (χ3v) is 4.58. The minimum Gasteiger partial charge on any atom is -0.480 e. The normalized spacial score (nSPS) is 20.8. The van der Waals surface area contributed by atoms with Crippen LogP contribution >= 0.6 is 0 Å². The molecule has 24 heavy (non-hydrogen) atoms. The summed E-state index contributed by atoms with van der Waals surface area (Å²) < 4.78 is 31.7. The maximum absolute atomic E-state index is 11.0. The van der Waals surface area contributed by atoms with Gasteiger partial charge in [0.25, 0.3) is 0 Å². The Kier molecular flexibility index (Phi) is 8.03. The van der Waals surface area contributed by atoms with Crippen LogP contribution < -0.4 is 0 Å². The van der Waals surface area contributed by atoms with Crippen molar-refractivity contribution < 1.29 is 33.0 Å². The first-order chi connectivity index (χ1) is 10.9. The molecule has 2 N–H and O–H groups in total. The average molecular weight is 352 g/mol. The SMILES string of the molecule is CCC(C)(CC)CC1CCC(C(=O)O)N1C#N.O=C(O)C(F)(F)F. The Hall–Kier alpha value is -1.98. The zero-order valence-electron chi connectivity index (χ0n) is 13.9. The van der Waals surface area contributed by atoms with Gasteiger partial charge in [0.05, 0.1) is 0 Å². The number of carboxylic acids is 2. The van der Waals surface area contributed by atoms with E-state index in [2.05, 4.69) is 27.0 Å². The molecule has 1 heterocycles. The number of hydrogen-bond acceptors (Lipinski definition) is 4. The molecule has 1 saturated heterocycles. The van der Waals surface area contributed by atoms with Gasteiger partial charge in [-0.05, 0) is 24.7 Å². The smallest absolute Gasteiger partial charge is 0.480 e. The van der Waals surface area contributed by atoms with E-state index in [1.54, 1.807) is 0 Å². The number of nitriles is 1. The molecule has 0 bridgehead atoms. The Balaban J connectivity index is 0.000000640. The van der Waals surface area contributed by atoms with Crippen LogP contribution in [0.2, 0.25) is 0 Å². The van der Waals surface area contributed by atoms with Gasteiger partial charge in [-0.15, -0.1) is 0 Å². The lowest BCUT2D eigenvalue weighted by Gasteiger charge is -2.32. The first-order valence-corrected chi connectivity index (χ1v) is 7.62. The molecule has 0 amide bonds. The molecule has 2 atom stereocenters. The van der Waals surface area contributed by atoms with Gasteiger partial charge in [0.2, 0.25) is 0 Å². The van der Waals surface area contributed by atoms with Gasteiger partial charge in [0, 0.05) is 6.04 Å². The summed E-state index contributed by atoms with van der Waals surface area (Å²) in [6.07, 6.45) is 1.45. The zero-order chi connectivity index (χ0) is 19.1. The molecule has 0 aliphatic carbocycles. The lowest BCUT2D eigenvalue weighted by Crippen LogP contribution is -2.39. The molecule has 1 rings (SSSR count). The fourth-order valence-electron chi connectivity index (χ4n) is 2.58. The van der Waals surface area contributed by atoms with E-state index in [0.29, 0.717) is 6.42 Å². The molecule has 0 aromatic carbocycles. The lowest BCUT2D eigenvalue weighted by molar-refractivity contribution is -0.192. The molecule has 9 heteroatoms. The molecule has 0 aromatic rings. The molecule has 1 aliphatic heterocycles. The van der Waals surface area contributed by atoms with Crippen molar-refractivity contribution >= 4 is 11.9 Å². The van der Waals surface area contributed by atoms with Crippen molar-refractivity contribution in [2.24, 2.45) is 5.41 Å². The van der Waals surface area contributed by atoms with E-state index in [1.165, 1.54) is 4.90 Å². The van der Waals surface area contributed by atoms with Crippen LogP contribution in [0.1, 0.15) is 52.9 Å². The van der Waals surface area contributed by atoms with Crippen LogP contribution in [0, 0.1) is 16.9 Å². The number of carbonyl (C=O) groups is 2. The van der Waals surface area contributed by atoms with Gasteiger partial charge in [0.1, 0.15) is 6.04 Å². The van der Waals surface area contributed by atoms with E-state index in [0.717, 1.165) is 25.7 Å². The third-order valence-electron chi connectivity index (χ3n) is 4.58. The molecule has 6 nitrogen and oxygen atoms in total. The topological polar surface area (TPSA) is 102 Å². The number of carboxylic acid groups (broad SMARTS) is 2. The van der Waals surface area contributed by atoms with Crippen LogP contribution in [-0.4, -0.2) is 45.3 Å². The van der Waals surface area contributed by atoms with E-state index in [9.17, 15) is 18.0 Å². The summed E-state index contributed by atoms with van der Waals surface area (Å²) in [4.78, 5) is 21.4. The Bertz CT molecular complexity index is 484.